The fraction of sp³-hybridized carbons (Fsp3) is 0.667. The molecule has 3 atom stereocenters. The minimum absolute atomic E-state index is 0.102. The van der Waals surface area contributed by atoms with E-state index in [4.69, 9.17) is 9.47 Å². The van der Waals surface area contributed by atoms with Gasteiger partial charge in [0, 0.05) is 18.2 Å². The van der Waals surface area contributed by atoms with E-state index < -0.39 is 0 Å². The van der Waals surface area contributed by atoms with Gasteiger partial charge >= 0.3 is 5.97 Å². The second kappa shape index (κ2) is 10.0. The van der Waals surface area contributed by atoms with E-state index in [1.54, 1.807) is 11.3 Å². The summed E-state index contributed by atoms with van der Waals surface area (Å²) in [6.07, 6.45) is 14.5. The molecule has 1 aromatic heterocycles. The molecule has 1 aromatic rings. The molecule has 3 rings (SSSR count). The van der Waals surface area contributed by atoms with Crippen molar-refractivity contribution in [3.63, 3.8) is 0 Å². The number of hydrogen-bond donors (Lipinski definition) is 0. The first-order valence-electron chi connectivity index (χ1n) is 10.9. The lowest BCUT2D eigenvalue weighted by molar-refractivity contribution is -0.148. The zero-order valence-corrected chi connectivity index (χ0v) is 19.1. The first kappa shape index (κ1) is 22.2. The van der Waals surface area contributed by atoms with Crippen molar-refractivity contribution in [2.45, 2.75) is 97.4 Å². The topological polar surface area (TPSA) is 51.7 Å². The molecular formula is C24H35NO3S. The standard InChI is InChI=1S/C24H35NO3S/c1-17(14-19-16-29-18(2)25-19)21-15-22-20(27-22)10-8-6-5-7-9-12-24(3,4)13-11-23(26)28-21/h6,8,14,16,20-22H,5,7,9-13,15H2,1-4H3/b8-6-,17-14+/t20?,21-,22-/m0/s1. The molecule has 0 bridgehead atoms. The van der Waals surface area contributed by atoms with Crippen LogP contribution in [0, 0.1) is 12.3 Å². The van der Waals surface area contributed by atoms with E-state index in [9.17, 15) is 4.79 Å². The van der Waals surface area contributed by atoms with Crippen LogP contribution in [-0.4, -0.2) is 29.3 Å². The number of ether oxygens (including phenoxy) is 2. The molecular weight excluding hydrogens is 382 g/mol. The number of aryl methyl sites for hydroxylation is 1. The Bertz CT molecular complexity index is 749. The molecule has 0 radical (unpaired) electrons. The molecule has 4 nitrogen and oxygen atoms in total. The van der Waals surface area contributed by atoms with E-state index in [0.29, 0.717) is 6.42 Å². The summed E-state index contributed by atoms with van der Waals surface area (Å²) in [5, 5.41) is 3.08. The van der Waals surface area contributed by atoms with Crippen molar-refractivity contribution in [3.8, 4) is 0 Å². The number of hydrogen-bond acceptors (Lipinski definition) is 5. The molecule has 160 valence electrons. The van der Waals surface area contributed by atoms with E-state index in [2.05, 4.69) is 31.0 Å². The van der Waals surface area contributed by atoms with Gasteiger partial charge in [0.2, 0.25) is 0 Å². The third kappa shape index (κ3) is 7.38. The quantitative estimate of drug-likeness (QED) is 0.324. The van der Waals surface area contributed by atoms with Crippen molar-refractivity contribution in [2.75, 3.05) is 0 Å². The molecule has 0 N–H and O–H groups in total. The van der Waals surface area contributed by atoms with E-state index >= 15 is 0 Å². The minimum Gasteiger partial charge on any atom is -0.458 e. The summed E-state index contributed by atoms with van der Waals surface area (Å²) in [4.78, 5) is 17.2. The van der Waals surface area contributed by atoms with Crippen LogP contribution in [0.2, 0.25) is 0 Å². The summed E-state index contributed by atoms with van der Waals surface area (Å²) in [5.74, 6) is -0.102. The fourth-order valence-electron chi connectivity index (χ4n) is 3.90. The molecule has 2 aliphatic rings. The van der Waals surface area contributed by atoms with Crippen LogP contribution in [0.4, 0.5) is 0 Å². The SMILES string of the molecule is C/C(=C\c1csc(C)n1)[C@@H]1C[C@@H]2OC2C/C=C\CCCCC(C)(C)CCC(=O)O1. The molecule has 2 aliphatic heterocycles. The smallest absolute Gasteiger partial charge is 0.306 e. The van der Waals surface area contributed by atoms with Crippen molar-refractivity contribution in [1.29, 1.82) is 0 Å². The molecule has 5 heteroatoms. The van der Waals surface area contributed by atoms with Gasteiger partial charge in [-0.2, -0.15) is 0 Å². The number of rotatable bonds is 2. The number of nitrogens with zero attached hydrogens (tertiary/aromatic N) is 1. The van der Waals surface area contributed by atoms with Crippen LogP contribution in [0.1, 0.15) is 82.8 Å². The molecule has 1 fully saturated rings. The third-order valence-electron chi connectivity index (χ3n) is 5.94. The summed E-state index contributed by atoms with van der Waals surface area (Å²) >= 11 is 1.63. The second-order valence-corrected chi connectivity index (χ2v) is 10.3. The van der Waals surface area contributed by atoms with Gasteiger partial charge in [0.25, 0.3) is 0 Å². The number of thiazole rings is 1. The molecule has 0 amide bonds. The number of carbonyl (C=O) groups is 1. The zero-order valence-electron chi connectivity index (χ0n) is 18.3. The van der Waals surface area contributed by atoms with Gasteiger partial charge in [-0.1, -0.05) is 32.4 Å². The number of carbonyl (C=O) groups excluding carboxylic acids is 1. The maximum Gasteiger partial charge on any atom is 0.306 e. The highest BCUT2D eigenvalue weighted by molar-refractivity contribution is 7.09. The number of cyclic esters (lactones) is 1. The van der Waals surface area contributed by atoms with Gasteiger partial charge < -0.3 is 9.47 Å². The number of epoxide rings is 1. The van der Waals surface area contributed by atoms with Crippen molar-refractivity contribution in [1.82, 2.24) is 4.98 Å². The van der Waals surface area contributed by atoms with Crippen LogP contribution in [0.15, 0.2) is 23.1 Å². The molecule has 0 aliphatic carbocycles. The predicted molar refractivity (Wildman–Crippen MR) is 119 cm³/mol. The second-order valence-electron chi connectivity index (χ2n) is 9.22. The zero-order chi connectivity index (χ0) is 20.9. The Morgan fingerprint density at radius 2 is 2.07 bits per heavy atom. The number of esters is 1. The summed E-state index contributed by atoms with van der Waals surface area (Å²) in [5.41, 5.74) is 2.14. The monoisotopic (exact) mass is 417 g/mol. The first-order chi connectivity index (χ1) is 13.8. The number of aromatic nitrogens is 1. The minimum atomic E-state index is -0.250. The molecule has 1 saturated heterocycles. The van der Waals surface area contributed by atoms with Crippen LogP contribution in [-0.2, 0) is 14.3 Å². The van der Waals surface area contributed by atoms with Gasteiger partial charge in [-0.25, -0.2) is 4.98 Å². The van der Waals surface area contributed by atoms with Gasteiger partial charge in [0.15, 0.2) is 0 Å². The molecule has 0 spiro atoms. The number of allylic oxidation sites excluding steroid dienone is 1. The molecule has 0 aromatic carbocycles. The summed E-state index contributed by atoms with van der Waals surface area (Å²) < 4.78 is 11.8. The Kier molecular flexibility index (Phi) is 7.69. The van der Waals surface area contributed by atoms with Crippen LogP contribution in [0.25, 0.3) is 6.08 Å². The average molecular weight is 418 g/mol. The summed E-state index contributed by atoms with van der Waals surface area (Å²) in [6.45, 7) is 8.55. The van der Waals surface area contributed by atoms with Gasteiger partial charge in [0.1, 0.15) is 6.10 Å². The van der Waals surface area contributed by atoms with Crippen molar-refractivity contribution in [3.05, 3.63) is 33.8 Å². The average Bonchev–Trinajstić information content (AvgIpc) is 3.27. The number of fused-ring (bicyclic) bond motifs is 1. The molecule has 0 saturated carbocycles. The van der Waals surface area contributed by atoms with Gasteiger partial charge in [-0.3, -0.25) is 4.79 Å². The van der Waals surface area contributed by atoms with Crippen molar-refractivity contribution < 1.29 is 14.3 Å². The normalized spacial score (nSPS) is 30.3. The summed E-state index contributed by atoms with van der Waals surface area (Å²) in [7, 11) is 0. The Hall–Kier alpha value is -1.46. The van der Waals surface area contributed by atoms with Crippen LogP contribution >= 0.6 is 11.3 Å². The van der Waals surface area contributed by atoms with E-state index in [1.165, 1.54) is 12.8 Å². The lowest BCUT2D eigenvalue weighted by atomic mass is 9.82. The van der Waals surface area contributed by atoms with Crippen LogP contribution in [0.3, 0.4) is 0 Å². The van der Waals surface area contributed by atoms with Gasteiger partial charge in [0.05, 0.1) is 22.9 Å². The summed E-state index contributed by atoms with van der Waals surface area (Å²) in [6, 6.07) is 0. The van der Waals surface area contributed by atoms with Crippen molar-refractivity contribution >= 4 is 23.4 Å². The Labute approximate surface area is 179 Å². The predicted octanol–water partition coefficient (Wildman–Crippen LogP) is 6.25. The highest BCUT2D eigenvalue weighted by atomic mass is 32.1. The van der Waals surface area contributed by atoms with E-state index in [1.807, 2.05) is 25.3 Å². The van der Waals surface area contributed by atoms with Crippen LogP contribution in [0.5, 0.6) is 0 Å². The van der Waals surface area contributed by atoms with Crippen molar-refractivity contribution in [2.24, 2.45) is 5.41 Å². The third-order valence-corrected chi connectivity index (χ3v) is 6.73. The molecule has 3 heterocycles. The lowest BCUT2D eigenvalue weighted by Gasteiger charge is -2.25. The Balaban J connectivity index is 1.70. The molecule has 29 heavy (non-hydrogen) atoms. The Morgan fingerprint density at radius 1 is 1.24 bits per heavy atom. The van der Waals surface area contributed by atoms with Gasteiger partial charge in [-0.05, 0) is 63.0 Å². The highest BCUT2D eigenvalue weighted by Gasteiger charge is 2.40. The maximum atomic E-state index is 12.6. The molecule has 1 unspecified atom stereocenters. The highest BCUT2D eigenvalue weighted by Crippen LogP contribution is 2.34. The maximum absolute atomic E-state index is 12.6. The van der Waals surface area contributed by atoms with E-state index in [-0.39, 0.29) is 29.7 Å². The lowest BCUT2D eigenvalue weighted by Crippen LogP contribution is -2.23. The first-order valence-corrected chi connectivity index (χ1v) is 11.8. The fourth-order valence-corrected chi connectivity index (χ4v) is 4.47. The van der Waals surface area contributed by atoms with Crippen LogP contribution < -0.4 is 0 Å². The largest absolute Gasteiger partial charge is 0.458 e. The van der Waals surface area contributed by atoms with E-state index in [0.717, 1.165) is 48.4 Å². The Morgan fingerprint density at radius 3 is 2.83 bits per heavy atom. The van der Waals surface area contributed by atoms with Gasteiger partial charge in [-0.15, -0.1) is 11.3 Å².